The summed E-state index contributed by atoms with van der Waals surface area (Å²) < 4.78 is 5.90. The Morgan fingerprint density at radius 3 is 2.48 bits per heavy atom. The van der Waals surface area contributed by atoms with Gasteiger partial charge in [0.25, 0.3) is 0 Å². The summed E-state index contributed by atoms with van der Waals surface area (Å²) in [7, 11) is 0. The van der Waals surface area contributed by atoms with Crippen molar-refractivity contribution >= 4 is 17.3 Å². The molecule has 0 aliphatic heterocycles. The van der Waals surface area contributed by atoms with E-state index in [4.69, 9.17) is 9.84 Å². The molecule has 4 aromatic heterocycles. The second-order valence-corrected chi connectivity index (χ2v) is 8.84. The summed E-state index contributed by atoms with van der Waals surface area (Å²) >= 11 is 1.60. The molecule has 10 heteroatoms. The molecule has 0 amide bonds. The zero-order valence-corrected chi connectivity index (χ0v) is 18.5. The minimum Gasteiger partial charge on any atom is -0.481 e. The standard InChI is InChI=1S/C23H22N6O3S/c30-20(31)9-14-1-4-18(5-2-14)32-23-25-11-17(12-26-23)19-6-3-15(10-24-19)21-27-22(29-28-21)16-7-8-33-13-16/h3,6-8,10-14,18H,1-2,4-5,9H2,(H,30,31)(H,27,28,29). The third kappa shape index (κ3) is 5.06. The molecular formula is C23H22N6O3S. The highest BCUT2D eigenvalue weighted by Crippen LogP contribution is 2.29. The predicted octanol–water partition coefficient (Wildman–Crippen LogP) is 4.46. The van der Waals surface area contributed by atoms with Gasteiger partial charge in [-0.05, 0) is 55.2 Å². The lowest BCUT2D eigenvalue weighted by Crippen LogP contribution is -2.25. The van der Waals surface area contributed by atoms with E-state index < -0.39 is 5.97 Å². The number of ether oxygens (including phenoxy) is 1. The third-order valence-corrected chi connectivity index (χ3v) is 6.44. The number of aromatic amines is 1. The summed E-state index contributed by atoms with van der Waals surface area (Å²) in [5.74, 6) is 0.825. The molecule has 0 bridgehead atoms. The fourth-order valence-electron chi connectivity index (χ4n) is 3.98. The first-order chi connectivity index (χ1) is 16.1. The molecule has 2 N–H and O–H groups in total. The molecule has 1 fully saturated rings. The number of aliphatic carboxylic acids is 1. The highest BCUT2D eigenvalue weighted by Gasteiger charge is 2.24. The lowest BCUT2D eigenvalue weighted by molar-refractivity contribution is -0.138. The number of carbonyl (C=O) groups is 1. The Balaban J connectivity index is 1.20. The Kier molecular flexibility index (Phi) is 6.07. The van der Waals surface area contributed by atoms with Crippen molar-refractivity contribution in [2.45, 2.75) is 38.2 Å². The Labute approximate surface area is 194 Å². The normalized spacial score (nSPS) is 18.2. The Hall–Kier alpha value is -3.66. The van der Waals surface area contributed by atoms with Gasteiger partial charge in [0.15, 0.2) is 11.6 Å². The molecule has 0 spiro atoms. The number of carboxylic acid groups (broad SMARTS) is 1. The molecule has 5 rings (SSSR count). The van der Waals surface area contributed by atoms with Crippen molar-refractivity contribution in [2.24, 2.45) is 5.92 Å². The van der Waals surface area contributed by atoms with Gasteiger partial charge in [-0.25, -0.2) is 15.0 Å². The monoisotopic (exact) mass is 462 g/mol. The van der Waals surface area contributed by atoms with Crippen molar-refractivity contribution in [2.75, 3.05) is 0 Å². The number of aromatic nitrogens is 6. The maximum atomic E-state index is 10.9. The Morgan fingerprint density at radius 1 is 1.03 bits per heavy atom. The number of rotatable bonds is 7. The number of nitrogens with zero attached hydrogens (tertiary/aromatic N) is 5. The minimum atomic E-state index is -0.733. The zero-order valence-electron chi connectivity index (χ0n) is 17.7. The van der Waals surface area contributed by atoms with Crippen LogP contribution >= 0.6 is 11.3 Å². The number of hydrogen-bond donors (Lipinski definition) is 2. The fourth-order valence-corrected chi connectivity index (χ4v) is 4.61. The molecular weight excluding hydrogens is 440 g/mol. The van der Waals surface area contributed by atoms with Crippen LogP contribution in [0.4, 0.5) is 0 Å². The molecule has 4 aromatic rings. The molecule has 33 heavy (non-hydrogen) atoms. The second kappa shape index (κ2) is 9.45. The molecule has 4 heterocycles. The van der Waals surface area contributed by atoms with E-state index in [9.17, 15) is 4.79 Å². The minimum absolute atomic E-state index is 0.0270. The molecule has 1 aliphatic carbocycles. The summed E-state index contributed by atoms with van der Waals surface area (Å²) in [6.45, 7) is 0. The van der Waals surface area contributed by atoms with E-state index in [1.807, 2.05) is 29.0 Å². The highest BCUT2D eigenvalue weighted by atomic mass is 32.1. The molecule has 1 saturated carbocycles. The summed E-state index contributed by atoms with van der Waals surface area (Å²) in [5, 5.41) is 20.2. The van der Waals surface area contributed by atoms with Crippen molar-refractivity contribution in [3.8, 4) is 40.0 Å². The van der Waals surface area contributed by atoms with Crippen LogP contribution in [0.15, 0.2) is 47.5 Å². The molecule has 168 valence electrons. The van der Waals surface area contributed by atoms with E-state index in [0.717, 1.165) is 48.1 Å². The predicted molar refractivity (Wildman–Crippen MR) is 123 cm³/mol. The van der Waals surface area contributed by atoms with E-state index in [2.05, 4.69) is 30.1 Å². The van der Waals surface area contributed by atoms with Crippen LogP contribution in [0, 0.1) is 5.92 Å². The van der Waals surface area contributed by atoms with Crippen molar-refractivity contribution < 1.29 is 14.6 Å². The highest BCUT2D eigenvalue weighted by molar-refractivity contribution is 7.08. The van der Waals surface area contributed by atoms with Crippen LogP contribution < -0.4 is 4.74 Å². The molecule has 0 unspecified atom stereocenters. The maximum Gasteiger partial charge on any atom is 0.316 e. The number of thiophene rings is 1. The first-order valence-corrected chi connectivity index (χ1v) is 11.7. The quantitative estimate of drug-likeness (QED) is 0.412. The van der Waals surface area contributed by atoms with Crippen molar-refractivity contribution in [1.29, 1.82) is 0 Å². The average Bonchev–Trinajstić information content (AvgIpc) is 3.53. The molecule has 9 nitrogen and oxygen atoms in total. The second-order valence-electron chi connectivity index (χ2n) is 8.06. The number of nitrogens with one attached hydrogen (secondary N) is 1. The van der Waals surface area contributed by atoms with Gasteiger partial charge in [-0.2, -0.15) is 16.4 Å². The van der Waals surface area contributed by atoms with Gasteiger partial charge >= 0.3 is 12.0 Å². The van der Waals surface area contributed by atoms with Crippen LogP contribution in [-0.4, -0.2) is 47.3 Å². The van der Waals surface area contributed by atoms with Crippen molar-refractivity contribution in [3.63, 3.8) is 0 Å². The molecule has 0 saturated heterocycles. The van der Waals surface area contributed by atoms with Crippen LogP contribution in [0.1, 0.15) is 32.1 Å². The summed E-state index contributed by atoms with van der Waals surface area (Å²) in [6, 6.07) is 6.14. The van der Waals surface area contributed by atoms with E-state index in [1.54, 1.807) is 29.9 Å². The number of hydrogen-bond acceptors (Lipinski definition) is 8. The number of H-pyrrole nitrogens is 1. The molecule has 0 aromatic carbocycles. The zero-order chi connectivity index (χ0) is 22.6. The van der Waals surface area contributed by atoms with Crippen molar-refractivity contribution in [3.05, 3.63) is 47.5 Å². The van der Waals surface area contributed by atoms with Gasteiger partial charge in [-0.1, -0.05) is 0 Å². The van der Waals surface area contributed by atoms with Crippen LogP contribution in [-0.2, 0) is 4.79 Å². The van der Waals surface area contributed by atoms with Gasteiger partial charge in [0, 0.05) is 47.1 Å². The lowest BCUT2D eigenvalue weighted by atomic mass is 9.85. The smallest absolute Gasteiger partial charge is 0.316 e. The van der Waals surface area contributed by atoms with Crippen molar-refractivity contribution in [1.82, 2.24) is 30.1 Å². The van der Waals surface area contributed by atoms with Gasteiger partial charge in [0.05, 0.1) is 5.69 Å². The largest absolute Gasteiger partial charge is 0.481 e. The van der Waals surface area contributed by atoms with Gasteiger partial charge < -0.3 is 9.84 Å². The number of pyridine rings is 1. The Morgan fingerprint density at radius 2 is 1.82 bits per heavy atom. The van der Waals surface area contributed by atoms with E-state index in [1.165, 1.54) is 0 Å². The van der Waals surface area contributed by atoms with Gasteiger partial charge in [0.2, 0.25) is 0 Å². The topological polar surface area (TPSA) is 127 Å². The van der Waals surface area contributed by atoms with Gasteiger partial charge in [0.1, 0.15) is 6.10 Å². The van der Waals surface area contributed by atoms with Crippen LogP contribution in [0.5, 0.6) is 6.01 Å². The first kappa shape index (κ1) is 21.2. The van der Waals surface area contributed by atoms with Crippen LogP contribution in [0.3, 0.4) is 0 Å². The third-order valence-electron chi connectivity index (χ3n) is 5.75. The lowest BCUT2D eigenvalue weighted by Gasteiger charge is -2.27. The number of carboxylic acids is 1. The molecule has 1 aliphatic rings. The fraction of sp³-hybridized carbons (Fsp3) is 0.304. The van der Waals surface area contributed by atoms with Gasteiger partial charge in [-0.3, -0.25) is 14.9 Å². The summed E-state index contributed by atoms with van der Waals surface area (Å²) in [5.41, 5.74) is 3.36. The SMILES string of the molecule is O=C(O)CC1CCC(Oc2ncc(-c3ccc(-c4nc(-c5ccsc5)n[nH]4)cn3)cn2)CC1. The first-order valence-electron chi connectivity index (χ1n) is 10.8. The molecule has 0 radical (unpaired) electrons. The summed E-state index contributed by atoms with van der Waals surface area (Å²) in [4.78, 5) is 28.6. The molecule has 0 atom stereocenters. The van der Waals surface area contributed by atoms with E-state index >= 15 is 0 Å². The van der Waals surface area contributed by atoms with E-state index in [-0.39, 0.29) is 18.4 Å². The Bertz CT molecular complexity index is 1200. The maximum absolute atomic E-state index is 10.9. The van der Waals surface area contributed by atoms with Crippen LogP contribution in [0.2, 0.25) is 0 Å². The summed E-state index contributed by atoms with van der Waals surface area (Å²) in [6.07, 6.45) is 8.75. The van der Waals surface area contributed by atoms with Crippen LogP contribution in [0.25, 0.3) is 34.0 Å². The van der Waals surface area contributed by atoms with E-state index in [0.29, 0.717) is 17.7 Å². The average molecular weight is 463 g/mol. The van der Waals surface area contributed by atoms with Gasteiger partial charge in [-0.15, -0.1) is 0 Å².